The fourth-order valence-electron chi connectivity index (χ4n) is 2.22. The molecule has 0 aromatic rings. The highest BCUT2D eigenvalue weighted by molar-refractivity contribution is 5.83. The molecule has 2 atom stereocenters. The van der Waals surface area contributed by atoms with Crippen molar-refractivity contribution in [1.29, 1.82) is 0 Å². The van der Waals surface area contributed by atoms with E-state index in [1.165, 1.54) is 18.6 Å². The molecule has 1 aliphatic carbocycles. The Morgan fingerprint density at radius 2 is 2.42 bits per heavy atom. The van der Waals surface area contributed by atoms with Crippen LogP contribution in [-0.4, -0.2) is 23.8 Å². The minimum atomic E-state index is 0.642. The Morgan fingerprint density at radius 3 is 2.92 bits per heavy atom. The fraction of sp³-hybridized carbons (Fsp3) is 0.700. The smallest absolute Gasteiger partial charge is 0.0582 e. The summed E-state index contributed by atoms with van der Waals surface area (Å²) in [6.45, 7) is 2.12. The molecule has 0 fully saturated rings. The molecule has 0 aromatic carbocycles. The van der Waals surface area contributed by atoms with Crippen LogP contribution in [0, 0.1) is 5.92 Å². The molecular weight excluding hydrogens is 148 g/mol. The van der Waals surface area contributed by atoms with Crippen molar-refractivity contribution in [3.05, 3.63) is 12.2 Å². The van der Waals surface area contributed by atoms with E-state index in [9.17, 15) is 0 Å². The summed E-state index contributed by atoms with van der Waals surface area (Å²) in [6.07, 6.45) is 8.39. The summed E-state index contributed by atoms with van der Waals surface area (Å²) < 4.78 is 0. The van der Waals surface area contributed by atoms with E-state index in [0.29, 0.717) is 6.04 Å². The summed E-state index contributed by atoms with van der Waals surface area (Å²) in [5, 5.41) is 6.57. The maximum atomic E-state index is 4.43. The summed E-state index contributed by atoms with van der Waals surface area (Å²) in [6, 6.07) is 0.642. The molecule has 0 N–H and O–H groups in total. The molecule has 2 aliphatic rings. The van der Waals surface area contributed by atoms with Gasteiger partial charge in [-0.1, -0.05) is 12.2 Å². The van der Waals surface area contributed by atoms with Crippen molar-refractivity contribution in [2.75, 3.05) is 7.05 Å². The molecule has 0 amide bonds. The maximum Gasteiger partial charge on any atom is 0.0582 e. The number of hydrazone groups is 1. The van der Waals surface area contributed by atoms with Crippen molar-refractivity contribution in [1.82, 2.24) is 5.01 Å². The van der Waals surface area contributed by atoms with Crippen LogP contribution in [0.1, 0.15) is 26.2 Å². The molecular formula is C10H16N2. The predicted molar refractivity (Wildman–Crippen MR) is 51.1 cm³/mol. The quantitative estimate of drug-likeness (QED) is 0.541. The first-order chi connectivity index (χ1) is 5.77. The van der Waals surface area contributed by atoms with Gasteiger partial charge in [-0.3, -0.25) is 5.01 Å². The van der Waals surface area contributed by atoms with Gasteiger partial charge in [-0.15, -0.1) is 0 Å². The van der Waals surface area contributed by atoms with Crippen LogP contribution in [0.3, 0.4) is 0 Å². The lowest BCUT2D eigenvalue weighted by Gasteiger charge is -2.23. The van der Waals surface area contributed by atoms with Gasteiger partial charge in [0.05, 0.1) is 6.04 Å². The SMILES string of the molecule is CC1=NN(C)C(C2C=CCC2)C1. The molecule has 12 heavy (non-hydrogen) atoms. The number of hydrogen-bond donors (Lipinski definition) is 0. The third kappa shape index (κ3) is 1.26. The summed E-state index contributed by atoms with van der Waals surface area (Å²) >= 11 is 0. The molecule has 66 valence electrons. The van der Waals surface area contributed by atoms with Gasteiger partial charge in [0.1, 0.15) is 0 Å². The Labute approximate surface area is 73.9 Å². The van der Waals surface area contributed by atoms with Crippen LogP contribution in [0.25, 0.3) is 0 Å². The molecule has 0 aromatic heterocycles. The summed E-state index contributed by atoms with van der Waals surface area (Å²) in [4.78, 5) is 0. The van der Waals surface area contributed by atoms with Crippen LogP contribution in [0.2, 0.25) is 0 Å². The third-order valence-electron chi connectivity index (χ3n) is 2.86. The lowest BCUT2D eigenvalue weighted by atomic mass is 9.96. The van der Waals surface area contributed by atoms with E-state index in [1.807, 2.05) is 0 Å². The lowest BCUT2D eigenvalue weighted by Crippen LogP contribution is -2.29. The number of nitrogens with zero attached hydrogens (tertiary/aromatic N) is 2. The minimum absolute atomic E-state index is 0.642. The average Bonchev–Trinajstić information content (AvgIpc) is 2.58. The monoisotopic (exact) mass is 164 g/mol. The molecule has 2 heteroatoms. The van der Waals surface area contributed by atoms with Crippen LogP contribution >= 0.6 is 0 Å². The summed E-state index contributed by atoms with van der Waals surface area (Å²) in [5.41, 5.74) is 1.28. The molecule has 0 spiro atoms. The second-order valence-corrected chi connectivity index (χ2v) is 3.85. The highest BCUT2D eigenvalue weighted by atomic mass is 15.5. The van der Waals surface area contributed by atoms with Gasteiger partial charge in [0.25, 0.3) is 0 Å². The molecule has 2 unspecified atom stereocenters. The van der Waals surface area contributed by atoms with E-state index >= 15 is 0 Å². The predicted octanol–water partition coefficient (Wildman–Crippen LogP) is 2.03. The standard InChI is InChI=1S/C10H16N2/c1-8-7-10(12(2)11-8)9-5-3-4-6-9/h3,5,9-10H,4,6-7H2,1-2H3. The van der Waals surface area contributed by atoms with E-state index < -0.39 is 0 Å². The average molecular weight is 164 g/mol. The van der Waals surface area contributed by atoms with Crippen molar-refractivity contribution >= 4 is 5.71 Å². The summed E-state index contributed by atoms with van der Waals surface area (Å²) in [5.74, 6) is 0.746. The molecule has 0 saturated heterocycles. The number of hydrogen-bond acceptors (Lipinski definition) is 2. The maximum absolute atomic E-state index is 4.43. The topological polar surface area (TPSA) is 15.6 Å². The van der Waals surface area contributed by atoms with Crippen molar-refractivity contribution in [3.63, 3.8) is 0 Å². The fourth-order valence-corrected chi connectivity index (χ4v) is 2.22. The zero-order valence-electron chi connectivity index (χ0n) is 7.83. The molecule has 2 nitrogen and oxygen atoms in total. The van der Waals surface area contributed by atoms with Gasteiger partial charge in [0.2, 0.25) is 0 Å². The lowest BCUT2D eigenvalue weighted by molar-refractivity contribution is 0.232. The van der Waals surface area contributed by atoms with Crippen molar-refractivity contribution < 1.29 is 0 Å². The van der Waals surface area contributed by atoms with Crippen molar-refractivity contribution in [2.45, 2.75) is 32.2 Å². The second-order valence-electron chi connectivity index (χ2n) is 3.85. The van der Waals surface area contributed by atoms with Crippen LogP contribution in [0.4, 0.5) is 0 Å². The van der Waals surface area contributed by atoms with Gasteiger partial charge < -0.3 is 0 Å². The number of allylic oxidation sites excluding steroid dienone is 1. The van der Waals surface area contributed by atoms with Crippen LogP contribution in [-0.2, 0) is 0 Å². The minimum Gasteiger partial charge on any atom is -0.296 e. The van der Waals surface area contributed by atoms with Crippen LogP contribution < -0.4 is 0 Å². The first-order valence-electron chi connectivity index (χ1n) is 4.71. The van der Waals surface area contributed by atoms with Gasteiger partial charge >= 0.3 is 0 Å². The normalized spacial score (nSPS) is 34.5. The van der Waals surface area contributed by atoms with Gasteiger partial charge in [0.15, 0.2) is 0 Å². The Balaban J connectivity index is 2.02. The molecule has 2 rings (SSSR count). The summed E-state index contributed by atoms with van der Waals surface area (Å²) in [7, 11) is 2.09. The Morgan fingerprint density at radius 1 is 1.58 bits per heavy atom. The Kier molecular flexibility index (Phi) is 1.91. The number of rotatable bonds is 1. The molecule has 0 radical (unpaired) electrons. The van der Waals surface area contributed by atoms with Crippen LogP contribution in [0.15, 0.2) is 17.3 Å². The largest absolute Gasteiger partial charge is 0.296 e. The molecule has 0 bridgehead atoms. The molecule has 1 aliphatic heterocycles. The van der Waals surface area contributed by atoms with E-state index in [0.717, 1.165) is 12.3 Å². The van der Waals surface area contributed by atoms with Gasteiger partial charge in [0, 0.05) is 19.2 Å². The van der Waals surface area contributed by atoms with Crippen LogP contribution in [0.5, 0.6) is 0 Å². The molecule has 1 heterocycles. The first-order valence-corrected chi connectivity index (χ1v) is 4.71. The van der Waals surface area contributed by atoms with E-state index in [2.05, 4.69) is 36.2 Å². The molecule has 0 saturated carbocycles. The Bertz CT molecular complexity index is 230. The van der Waals surface area contributed by atoms with Crippen molar-refractivity contribution in [3.8, 4) is 0 Å². The highest BCUT2D eigenvalue weighted by Gasteiger charge is 2.28. The third-order valence-corrected chi connectivity index (χ3v) is 2.86. The zero-order valence-corrected chi connectivity index (χ0v) is 7.83. The van der Waals surface area contributed by atoms with E-state index in [1.54, 1.807) is 0 Å². The highest BCUT2D eigenvalue weighted by Crippen LogP contribution is 2.29. The van der Waals surface area contributed by atoms with Gasteiger partial charge in [-0.05, 0) is 25.7 Å². The zero-order chi connectivity index (χ0) is 8.55. The van der Waals surface area contributed by atoms with E-state index in [-0.39, 0.29) is 0 Å². The first kappa shape index (κ1) is 7.84. The van der Waals surface area contributed by atoms with Crippen molar-refractivity contribution in [2.24, 2.45) is 11.0 Å². The van der Waals surface area contributed by atoms with Gasteiger partial charge in [-0.25, -0.2) is 0 Å². The second kappa shape index (κ2) is 2.92. The van der Waals surface area contributed by atoms with Gasteiger partial charge in [-0.2, -0.15) is 5.10 Å². The van der Waals surface area contributed by atoms with E-state index in [4.69, 9.17) is 0 Å². The Hall–Kier alpha value is -0.790.